The molecule has 8 nitrogen and oxygen atoms in total. The first-order valence-corrected chi connectivity index (χ1v) is 9.86. The molecule has 4 rings (SSSR count). The number of aryl methyl sites for hydroxylation is 1. The van der Waals surface area contributed by atoms with Gasteiger partial charge in [-0.2, -0.15) is 0 Å². The molecule has 28 heavy (non-hydrogen) atoms. The number of amides is 2. The van der Waals surface area contributed by atoms with Gasteiger partial charge in [0.05, 0.1) is 18.9 Å². The fourth-order valence-corrected chi connectivity index (χ4v) is 3.92. The second kappa shape index (κ2) is 7.89. The first-order valence-electron chi connectivity index (χ1n) is 9.86. The van der Waals surface area contributed by atoms with Crippen molar-refractivity contribution < 1.29 is 14.3 Å². The van der Waals surface area contributed by atoms with Crippen molar-refractivity contribution in [3.8, 4) is 0 Å². The molecule has 0 saturated carbocycles. The van der Waals surface area contributed by atoms with Crippen LogP contribution in [0, 0.1) is 6.92 Å². The van der Waals surface area contributed by atoms with Crippen LogP contribution < -0.4 is 0 Å². The van der Waals surface area contributed by atoms with Crippen LogP contribution in [0.25, 0.3) is 5.65 Å². The van der Waals surface area contributed by atoms with Gasteiger partial charge in [0, 0.05) is 58.9 Å². The minimum atomic E-state index is -0.0243. The smallest absolute Gasteiger partial charge is 0.274 e. The van der Waals surface area contributed by atoms with Gasteiger partial charge < -0.3 is 18.9 Å². The Morgan fingerprint density at radius 1 is 1.07 bits per heavy atom. The van der Waals surface area contributed by atoms with E-state index in [-0.39, 0.29) is 11.8 Å². The fourth-order valence-electron chi connectivity index (χ4n) is 3.92. The molecule has 2 amide bonds. The predicted molar refractivity (Wildman–Crippen MR) is 104 cm³/mol. The van der Waals surface area contributed by atoms with Gasteiger partial charge in [0.25, 0.3) is 5.91 Å². The van der Waals surface area contributed by atoms with Crippen LogP contribution in [0.3, 0.4) is 0 Å². The van der Waals surface area contributed by atoms with Gasteiger partial charge in [-0.15, -0.1) is 0 Å². The lowest BCUT2D eigenvalue weighted by Crippen LogP contribution is -2.48. The Morgan fingerprint density at radius 3 is 2.46 bits per heavy atom. The molecule has 0 aliphatic carbocycles. The second-order valence-corrected chi connectivity index (χ2v) is 7.48. The minimum Gasteiger partial charge on any atom is -0.378 e. The number of piperazine rings is 1. The van der Waals surface area contributed by atoms with Crippen LogP contribution >= 0.6 is 0 Å². The van der Waals surface area contributed by atoms with Gasteiger partial charge in [-0.25, -0.2) is 4.98 Å². The molecular formula is C20H27N5O3. The number of hydrogen-bond donors (Lipinski definition) is 0. The fraction of sp³-hybridized carbons (Fsp3) is 0.550. The summed E-state index contributed by atoms with van der Waals surface area (Å²) in [5, 5.41) is 0. The van der Waals surface area contributed by atoms with E-state index in [0.29, 0.717) is 38.5 Å². The van der Waals surface area contributed by atoms with Crippen molar-refractivity contribution in [1.82, 2.24) is 24.1 Å². The quantitative estimate of drug-likeness (QED) is 0.781. The van der Waals surface area contributed by atoms with Crippen LogP contribution in [0.4, 0.5) is 0 Å². The molecule has 0 unspecified atom stereocenters. The molecule has 0 bridgehead atoms. The maximum absolute atomic E-state index is 13.2. The highest BCUT2D eigenvalue weighted by Gasteiger charge is 2.28. The van der Waals surface area contributed by atoms with Crippen LogP contribution in [0.5, 0.6) is 0 Å². The summed E-state index contributed by atoms with van der Waals surface area (Å²) in [5.74, 6) is 0.0945. The van der Waals surface area contributed by atoms with Gasteiger partial charge in [0.2, 0.25) is 5.91 Å². The third kappa shape index (κ3) is 3.62. The SMILES string of the molecule is CC(=O)N1CCN(Cc2c(C(=O)N3CCOCC3)nc3c(C)cccn23)CC1. The Bertz CT molecular complexity index is 879. The molecule has 0 radical (unpaired) electrons. The number of fused-ring (bicyclic) bond motifs is 1. The number of carbonyl (C=O) groups excluding carboxylic acids is 2. The number of aromatic nitrogens is 2. The first kappa shape index (κ1) is 18.9. The van der Waals surface area contributed by atoms with Crippen LogP contribution in [0.2, 0.25) is 0 Å². The lowest BCUT2D eigenvalue weighted by Gasteiger charge is -2.34. The van der Waals surface area contributed by atoms with E-state index in [0.717, 1.165) is 43.1 Å². The zero-order chi connectivity index (χ0) is 19.7. The van der Waals surface area contributed by atoms with Crippen molar-refractivity contribution >= 4 is 17.5 Å². The highest BCUT2D eigenvalue weighted by molar-refractivity contribution is 5.94. The number of ether oxygens (including phenoxy) is 1. The molecule has 150 valence electrons. The Morgan fingerprint density at radius 2 is 1.79 bits per heavy atom. The number of nitrogens with zero attached hydrogens (tertiary/aromatic N) is 5. The number of imidazole rings is 1. The van der Waals surface area contributed by atoms with Gasteiger partial charge in [0.15, 0.2) is 5.69 Å². The van der Waals surface area contributed by atoms with Crippen molar-refractivity contribution in [1.29, 1.82) is 0 Å². The van der Waals surface area contributed by atoms with E-state index < -0.39 is 0 Å². The number of morpholine rings is 1. The molecule has 4 heterocycles. The largest absolute Gasteiger partial charge is 0.378 e. The lowest BCUT2D eigenvalue weighted by molar-refractivity contribution is -0.130. The average molecular weight is 385 g/mol. The monoisotopic (exact) mass is 385 g/mol. The third-order valence-electron chi connectivity index (χ3n) is 5.64. The zero-order valence-electron chi connectivity index (χ0n) is 16.6. The van der Waals surface area contributed by atoms with Gasteiger partial charge in [-0.1, -0.05) is 6.07 Å². The maximum Gasteiger partial charge on any atom is 0.274 e. The standard InChI is InChI=1S/C20H27N5O3/c1-15-4-3-5-25-17(14-22-6-8-23(9-7-22)16(2)26)18(21-19(15)25)20(27)24-10-12-28-13-11-24/h3-5H,6-14H2,1-2H3. The third-order valence-corrected chi connectivity index (χ3v) is 5.64. The Labute approximate surface area is 164 Å². The topological polar surface area (TPSA) is 70.4 Å². The summed E-state index contributed by atoms with van der Waals surface area (Å²) in [7, 11) is 0. The van der Waals surface area contributed by atoms with Gasteiger partial charge in [0.1, 0.15) is 5.65 Å². The molecule has 2 aliphatic heterocycles. The zero-order valence-corrected chi connectivity index (χ0v) is 16.6. The van der Waals surface area contributed by atoms with Crippen LogP contribution in [-0.4, -0.2) is 88.4 Å². The summed E-state index contributed by atoms with van der Waals surface area (Å²) in [4.78, 5) is 35.5. The van der Waals surface area contributed by atoms with Crippen LogP contribution in [0.15, 0.2) is 18.3 Å². The molecular weight excluding hydrogens is 358 g/mol. The highest BCUT2D eigenvalue weighted by atomic mass is 16.5. The minimum absolute atomic E-state index is 0.0243. The second-order valence-electron chi connectivity index (χ2n) is 7.48. The summed E-state index contributed by atoms with van der Waals surface area (Å²) >= 11 is 0. The Hall–Kier alpha value is -2.45. The van der Waals surface area contributed by atoms with Crippen molar-refractivity contribution in [2.24, 2.45) is 0 Å². The van der Waals surface area contributed by atoms with E-state index >= 15 is 0 Å². The van der Waals surface area contributed by atoms with E-state index in [1.54, 1.807) is 6.92 Å². The Balaban J connectivity index is 1.63. The van der Waals surface area contributed by atoms with Crippen molar-refractivity contribution in [2.75, 3.05) is 52.5 Å². The molecule has 0 N–H and O–H groups in total. The molecule has 2 saturated heterocycles. The predicted octanol–water partition coefficient (Wildman–Crippen LogP) is 0.779. The number of hydrogen-bond acceptors (Lipinski definition) is 5. The van der Waals surface area contributed by atoms with Crippen molar-refractivity contribution in [3.05, 3.63) is 35.3 Å². The van der Waals surface area contributed by atoms with E-state index in [4.69, 9.17) is 9.72 Å². The number of carbonyl (C=O) groups is 2. The molecule has 8 heteroatoms. The Kier molecular flexibility index (Phi) is 5.32. The first-order chi connectivity index (χ1) is 13.5. The highest BCUT2D eigenvalue weighted by Crippen LogP contribution is 2.20. The average Bonchev–Trinajstić information content (AvgIpc) is 3.08. The van der Waals surface area contributed by atoms with Crippen molar-refractivity contribution in [3.63, 3.8) is 0 Å². The van der Waals surface area contributed by atoms with Gasteiger partial charge in [-0.05, 0) is 18.6 Å². The molecule has 0 atom stereocenters. The van der Waals surface area contributed by atoms with E-state index in [1.165, 1.54) is 0 Å². The maximum atomic E-state index is 13.2. The molecule has 0 spiro atoms. The van der Waals surface area contributed by atoms with E-state index in [9.17, 15) is 9.59 Å². The van der Waals surface area contributed by atoms with Gasteiger partial charge >= 0.3 is 0 Å². The number of rotatable bonds is 3. The van der Waals surface area contributed by atoms with E-state index in [1.807, 2.05) is 39.5 Å². The molecule has 2 fully saturated rings. The normalized spacial score (nSPS) is 18.6. The summed E-state index contributed by atoms with van der Waals surface area (Å²) < 4.78 is 7.43. The summed E-state index contributed by atoms with van der Waals surface area (Å²) in [6.07, 6.45) is 1.98. The molecule has 2 aromatic rings. The van der Waals surface area contributed by atoms with E-state index in [2.05, 4.69) is 4.90 Å². The van der Waals surface area contributed by atoms with Gasteiger partial charge in [-0.3, -0.25) is 14.5 Å². The van der Waals surface area contributed by atoms with Crippen LogP contribution in [0.1, 0.15) is 28.7 Å². The summed E-state index contributed by atoms with van der Waals surface area (Å²) in [6.45, 7) is 9.64. The number of pyridine rings is 1. The molecule has 2 aromatic heterocycles. The van der Waals surface area contributed by atoms with Crippen molar-refractivity contribution in [2.45, 2.75) is 20.4 Å². The van der Waals surface area contributed by atoms with Crippen LogP contribution in [-0.2, 0) is 16.1 Å². The summed E-state index contributed by atoms with van der Waals surface area (Å²) in [5.41, 5.74) is 3.33. The molecule has 2 aliphatic rings. The lowest BCUT2D eigenvalue weighted by atomic mass is 10.2. The summed E-state index contributed by atoms with van der Waals surface area (Å²) in [6, 6.07) is 4.00. The molecule has 0 aromatic carbocycles.